The zero-order valence-corrected chi connectivity index (χ0v) is 13.3. The van der Waals surface area contributed by atoms with Gasteiger partial charge >= 0.3 is 0 Å². The van der Waals surface area contributed by atoms with Crippen LogP contribution in [0.1, 0.15) is 24.6 Å². The zero-order chi connectivity index (χ0) is 15.7. The van der Waals surface area contributed by atoms with Crippen LogP contribution in [0.5, 0.6) is 0 Å². The molecule has 1 N–H and O–H groups in total. The molecule has 1 atom stereocenters. The maximum atomic E-state index is 12.7. The van der Waals surface area contributed by atoms with Crippen molar-refractivity contribution < 1.29 is 8.42 Å². The average Bonchev–Trinajstić information content (AvgIpc) is 3.19. The summed E-state index contributed by atoms with van der Waals surface area (Å²) >= 11 is 0. The van der Waals surface area contributed by atoms with E-state index in [0.717, 1.165) is 18.5 Å². The number of sulfonamides is 1. The number of H-pyrrole nitrogens is 1. The van der Waals surface area contributed by atoms with Gasteiger partial charge in [-0.25, -0.2) is 18.4 Å². The fourth-order valence-corrected chi connectivity index (χ4v) is 4.18. The number of hydrogen-bond donors (Lipinski definition) is 1. The summed E-state index contributed by atoms with van der Waals surface area (Å²) in [7, 11) is 0.150. The largest absolute Gasteiger partial charge is 0.347 e. The van der Waals surface area contributed by atoms with E-state index in [1.165, 1.54) is 16.7 Å². The average molecular weight is 322 g/mol. The second kappa shape index (κ2) is 5.65. The first kappa shape index (κ1) is 14.9. The molecule has 0 spiro atoms. The van der Waals surface area contributed by atoms with E-state index >= 15 is 0 Å². The minimum atomic E-state index is -3.56. The van der Waals surface area contributed by atoms with Crippen molar-refractivity contribution in [2.24, 2.45) is 0 Å². The molecule has 3 rings (SSSR count). The van der Waals surface area contributed by atoms with E-state index in [9.17, 15) is 8.42 Å². The van der Waals surface area contributed by atoms with Gasteiger partial charge in [0.15, 0.2) is 0 Å². The minimum absolute atomic E-state index is 0.182. The Morgan fingerprint density at radius 3 is 2.91 bits per heavy atom. The van der Waals surface area contributed by atoms with E-state index in [1.807, 2.05) is 14.1 Å². The Morgan fingerprint density at radius 2 is 2.23 bits per heavy atom. The summed E-state index contributed by atoms with van der Waals surface area (Å²) in [6.45, 7) is 0.486. The number of nitrogens with one attached hydrogen (secondary N) is 1. The highest BCUT2D eigenvalue weighted by Crippen LogP contribution is 2.35. The van der Waals surface area contributed by atoms with Gasteiger partial charge in [-0.05, 0) is 18.9 Å². The van der Waals surface area contributed by atoms with Gasteiger partial charge in [-0.15, -0.1) is 0 Å². The molecule has 9 heteroatoms. The number of aromatic nitrogens is 4. The summed E-state index contributed by atoms with van der Waals surface area (Å²) in [5.41, 5.74) is 0.725. The Bertz CT molecular complexity index is 744. The molecule has 1 aliphatic heterocycles. The molecular weight excluding hydrogens is 304 g/mol. The van der Waals surface area contributed by atoms with Crippen LogP contribution in [0.2, 0.25) is 0 Å². The van der Waals surface area contributed by atoms with Crippen molar-refractivity contribution in [3.8, 4) is 0 Å². The van der Waals surface area contributed by atoms with Crippen LogP contribution in [-0.4, -0.2) is 53.5 Å². The van der Waals surface area contributed by atoms with Gasteiger partial charge < -0.3 is 4.90 Å². The highest BCUT2D eigenvalue weighted by molar-refractivity contribution is 7.89. The molecule has 22 heavy (non-hydrogen) atoms. The van der Waals surface area contributed by atoms with Gasteiger partial charge in [0.05, 0.1) is 17.9 Å². The third-order valence-corrected chi connectivity index (χ3v) is 5.56. The Morgan fingerprint density at radius 1 is 1.41 bits per heavy atom. The second-order valence-corrected chi connectivity index (χ2v) is 7.27. The van der Waals surface area contributed by atoms with Crippen LogP contribution in [0.25, 0.3) is 0 Å². The first-order valence-corrected chi connectivity index (χ1v) is 8.45. The van der Waals surface area contributed by atoms with Crippen LogP contribution in [0.4, 0.5) is 5.95 Å². The van der Waals surface area contributed by atoms with Gasteiger partial charge in [0, 0.05) is 33.0 Å². The molecule has 1 saturated heterocycles. The summed E-state index contributed by atoms with van der Waals surface area (Å²) in [5, 5.41) is 6.28. The van der Waals surface area contributed by atoms with E-state index in [2.05, 4.69) is 20.2 Å². The van der Waals surface area contributed by atoms with Crippen molar-refractivity contribution in [1.82, 2.24) is 24.5 Å². The molecule has 1 unspecified atom stereocenters. The van der Waals surface area contributed by atoms with Gasteiger partial charge in [-0.2, -0.15) is 9.40 Å². The molecule has 2 aromatic heterocycles. The lowest BCUT2D eigenvalue weighted by Gasteiger charge is -2.23. The van der Waals surface area contributed by atoms with Crippen molar-refractivity contribution in [3.63, 3.8) is 0 Å². The summed E-state index contributed by atoms with van der Waals surface area (Å²) in [5.74, 6) is 0.574. The Labute approximate surface area is 129 Å². The molecule has 3 heterocycles. The monoisotopic (exact) mass is 322 g/mol. The van der Waals surface area contributed by atoms with Crippen LogP contribution in [-0.2, 0) is 10.0 Å². The Balaban J connectivity index is 1.96. The van der Waals surface area contributed by atoms with Crippen molar-refractivity contribution in [2.45, 2.75) is 23.8 Å². The van der Waals surface area contributed by atoms with Gasteiger partial charge in [0.25, 0.3) is 0 Å². The first-order chi connectivity index (χ1) is 10.5. The first-order valence-electron chi connectivity index (χ1n) is 7.01. The summed E-state index contributed by atoms with van der Waals surface area (Å²) in [6.07, 6.45) is 5.95. The fourth-order valence-electron chi connectivity index (χ4n) is 2.60. The standard InChI is InChI=1S/C13H18N6O2S/c1-18(2)13-14-6-5-11(17-13)12-4-3-7-19(12)22(20,21)10-8-15-16-9-10/h5-6,8-9,12H,3-4,7H2,1-2H3,(H,15,16). The number of rotatable bonds is 4. The van der Waals surface area contributed by atoms with Gasteiger partial charge in [-0.3, -0.25) is 5.10 Å². The number of hydrogen-bond acceptors (Lipinski definition) is 6. The molecule has 0 radical (unpaired) electrons. The van der Waals surface area contributed by atoms with Crippen LogP contribution >= 0.6 is 0 Å². The van der Waals surface area contributed by atoms with Gasteiger partial charge in [-0.1, -0.05) is 0 Å². The fraction of sp³-hybridized carbons (Fsp3) is 0.462. The lowest BCUT2D eigenvalue weighted by molar-refractivity contribution is 0.390. The quantitative estimate of drug-likeness (QED) is 0.894. The smallest absolute Gasteiger partial charge is 0.246 e. The molecule has 0 aromatic carbocycles. The van der Waals surface area contributed by atoms with Crippen LogP contribution < -0.4 is 4.90 Å². The minimum Gasteiger partial charge on any atom is -0.347 e. The van der Waals surface area contributed by atoms with E-state index in [1.54, 1.807) is 17.2 Å². The van der Waals surface area contributed by atoms with Crippen LogP contribution in [0.3, 0.4) is 0 Å². The zero-order valence-electron chi connectivity index (χ0n) is 12.5. The maximum absolute atomic E-state index is 12.7. The summed E-state index contributed by atoms with van der Waals surface area (Å²) < 4.78 is 26.9. The van der Waals surface area contributed by atoms with E-state index in [0.29, 0.717) is 12.5 Å². The second-order valence-electron chi connectivity index (χ2n) is 5.38. The molecule has 0 amide bonds. The highest BCUT2D eigenvalue weighted by atomic mass is 32.2. The molecule has 0 bridgehead atoms. The molecule has 0 saturated carbocycles. The Hall–Kier alpha value is -2.00. The lowest BCUT2D eigenvalue weighted by atomic mass is 10.1. The number of nitrogens with zero attached hydrogens (tertiary/aromatic N) is 5. The molecule has 0 aliphatic carbocycles. The summed E-state index contributed by atoms with van der Waals surface area (Å²) in [4.78, 5) is 10.6. The van der Waals surface area contributed by atoms with Crippen LogP contribution in [0, 0.1) is 0 Å². The molecule has 8 nitrogen and oxygen atoms in total. The van der Waals surface area contributed by atoms with Gasteiger partial charge in [0.1, 0.15) is 4.90 Å². The van der Waals surface area contributed by atoms with Crippen LogP contribution in [0.15, 0.2) is 29.6 Å². The van der Waals surface area contributed by atoms with E-state index < -0.39 is 10.0 Å². The summed E-state index contributed by atoms with van der Waals surface area (Å²) in [6, 6.07) is 1.52. The normalized spacial score (nSPS) is 19.5. The number of aromatic amines is 1. The third-order valence-electron chi connectivity index (χ3n) is 3.69. The van der Waals surface area contributed by atoms with Gasteiger partial charge in [0.2, 0.25) is 16.0 Å². The number of anilines is 1. The predicted octanol–water partition coefficient (Wildman–Crippen LogP) is 0.791. The molecule has 1 aliphatic rings. The maximum Gasteiger partial charge on any atom is 0.246 e. The SMILES string of the molecule is CN(C)c1nccc(C2CCCN2S(=O)(=O)c2cn[nH]c2)n1. The van der Waals surface area contributed by atoms with E-state index in [-0.39, 0.29) is 10.9 Å². The molecular formula is C13H18N6O2S. The van der Waals surface area contributed by atoms with Crippen molar-refractivity contribution in [3.05, 3.63) is 30.4 Å². The molecule has 1 fully saturated rings. The third kappa shape index (κ3) is 2.57. The van der Waals surface area contributed by atoms with Crippen molar-refractivity contribution in [1.29, 1.82) is 0 Å². The highest BCUT2D eigenvalue weighted by Gasteiger charge is 2.37. The van der Waals surface area contributed by atoms with Crippen molar-refractivity contribution >= 4 is 16.0 Å². The topological polar surface area (TPSA) is 95.1 Å². The van der Waals surface area contributed by atoms with E-state index in [4.69, 9.17) is 0 Å². The molecule has 2 aromatic rings. The van der Waals surface area contributed by atoms with Crippen molar-refractivity contribution in [2.75, 3.05) is 25.5 Å². The Kier molecular flexibility index (Phi) is 3.83. The lowest BCUT2D eigenvalue weighted by Crippen LogP contribution is -2.31. The molecule has 118 valence electrons. The predicted molar refractivity (Wildman–Crippen MR) is 80.8 cm³/mol.